The molecule has 1 saturated heterocycles. The molecule has 2 fully saturated rings. The number of hydrogen-bond acceptors (Lipinski definition) is 7. The first-order valence-corrected chi connectivity index (χ1v) is 10.2. The summed E-state index contributed by atoms with van der Waals surface area (Å²) in [5.41, 5.74) is -0.214. The molecule has 9 heteroatoms. The number of benzene rings is 1. The molecule has 1 aromatic rings. The van der Waals surface area contributed by atoms with Gasteiger partial charge in [-0.1, -0.05) is 38.1 Å². The van der Waals surface area contributed by atoms with E-state index in [9.17, 15) is 29.3 Å². The van der Waals surface area contributed by atoms with Crippen LogP contribution in [0.25, 0.3) is 0 Å². The fraction of sp³-hybridized carbons (Fsp3) is 0.455. The molecule has 2 amide bonds. The highest BCUT2D eigenvalue weighted by molar-refractivity contribution is 6.09. The fourth-order valence-corrected chi connectivity index (χ4v) is 4.97. The van der Waals surface area contributed by atoms with Crippen molar-refractivity contribution >= 4 is 29.3 Å². The third kappa shape index (κ3) is 3.43. The Morgan fingerprint density at radius 1 is 1.16 bits per heavy atom. The van der Waals surface area contributed by atoms with Crippen LogP contribution in [0.15, 0.2) is 36.4 Å². The van der Waals surface area contributed by atoms with Gasteiger partial charge in [-0.3, -0.25) is 29.4 Å². The summed E-state index contributed by atoms with van der Waals surface area (Å²) in [5.74, 6) is -3.37. The summed E-state index contributed by atoms with van der Waals surface area (Å²) >= 11 is 0. The molecule has 9 nitrogen and oxygen atoms in total. The van der Waals surface area contributed by atoms with E-state index in [2.05, 4.69) is 0 Å². The summed E-state index contributed by atoms with van der Waals surface area (Å²) in [6, 6.07) is 3.99. The van der Waals surface area contributed by atoms with Crippen LogP contribution in [0, 0.1) is 39.7 Å². The number of carbonyl (C=O) groups excluding carboxylic acids is 4. The molecule has 2 aliphatic carbocycles. The van der Waals surface area contributed by atoms with Gasteiger partial charge < -0.3 is 4.74 Å². The lowest BCUT2D eigenvalue weighted by molar-refractivity contribution is -0.384. The molecule has 2 bridgehead atoms. The Morgan fingerprint density at radius 3 is 2.32 bits per heavy atom. The number of nitrogens with zero attached hydrogens (tertiary/aromatic N) is 2. The van der Waals surface area contributed by atoms with Gasteiger partial charge in [0.2, 0.25) is 17.6 Å². The first-order valence-electron chi connectivity index (χ1n) is 10.2. The van der Waals surface area contributed by atoms with Crippen LogP contribution in [-0.4, -0.2) is 46.0 Å². The van der Waals surface area contributed by atoms with Crippen LogP contribution < -0.4 is 0 Å². The number of imide groups is 1. The van der Waals surface area contributed by atoms with Gasteiger partial charge in [0.15, 0.2) is 6.61 Å². The van der Waals surface area contributed by atoms with Crippen LogP contribution >= 0.6 is 0 Å². The summed E-state index contributed by atoms with van der Waals surface area (Å²) in [6.45, 7) is 2.77. The molecule has 31 heavy (non-hydrogen) atoms. The Labute approximate surface area is 178 Å². The zero-order valence-corrected chi connectivity index (χ0v) is 17.1. The number of non-ortho nitro benzene ring substituents is 1. The zero-order chi connectivity index (χ0) is 22.4. The summed E-state index contributed by atoms with van der Waals surface area (Å²) < 4.78 is 5.16. The molecule has 1 aromatic carbocycles. The predicted molar refractivity (Wildman–Crippen MR) is 107 cm³/mol. The minimum atomic E-state index is -1.12. The van der Waals surface area contributed by atoms with E-state index in [1.54, 1.807) is 13.8 Å². The second-order valence-electron chi connectivity index (χ2n) is 8.57. The fourth-order valence-electron chi connectivity index (χ4n) is 4.97. The number of carbonyl (C=O) groups is 4. The minimum Gasteiger partial charge on any atom is -0.456 e. The Kier molecular flexibility index (Phi) is 5.20. The first kappa shape index (κ1) is 20.9. The van der Waals surface area contributed by atoms with Crippen molar-refractivity contribution in [3.8, 4) is 0 Å². The Morgan fingerprint density at radius 2 is 1.77 bits per heavy atom. The zero-order valence-electron chi connectivity index (χ0n) is 17.1. The van der Waals surface area contributed by atoms with E-state index in [4.69, 9.17) is 4.74 Å². The van der Waals surface area contributed by atoms with Crippen molar-refractivity contribution in [3.63, 3.8) is 0 Å². The molecule has 0 spiro atoms. The molecule has 1 heterocycles. The lowest BCUT2D eigenvalue weighted by atomic mass is 9.85. The van der Waals surface area contributed by atoms with Crippen molar-refractivity contribution in [2.45, 2.75) is 26.3 Å². The molecule has 1 saturated carbocycles. The van der Waals surface area contributed by atoms with Crippen molar-refractivity contribution in [2.75, 3.05) is 6.61 Å². The molecule has 1 aliphatic heterocycles. The average molecular weight is 426 g/mol. The van der Waals surface area contributed by atoms with Crippen LogP contribution in [0.4, 0.5) is 5.69 Å². The number of nitro benzene ring substituents is 1. The van der Waals surface area contributed by atoms with Gasteiger partial charge in [-0.25, -0.2) is 4.79 Å². The van der Waals surface area contributed by atoms with Crippen LogP contribution in [0.5, 0.6) is 0 Å². The SMILES string of the molecule is CC(C)[C@@H](C(=O)OCC(=O)c1cccc([N+](=O)[O-])c1)N1C(=O)[C@@H]2[C@@H](C1=O)[C@H]1C=C[C@H]2C1. The van der Waals surface area contributed by atoms with E-state index in [0.717, 1.165) is 17.4 Å². The van der Waals surface area contributed by atoms with Gasteiger partial charge in [0.25, 0.3) is 5.69 Å². The minimum absolute atomic E-state index is 0.0238. The van der Waals surface area contributed by atoms with Gasteiger partial charge in [0.1, 0.15) is 6.04 Å². The molecule has 0 N–H and O–H groups in total. The summed E-state index contributed by atoms with van der Waals surface area (Å²) in [6.07, 6.45) is 4.73. The number of esters is 1. The number of amides is 2. The topological polar surface area (TPSA) is 124 Å². The predicted octanol–water partition coefficient (Wildman–Crippen LogP) is 2.15. The van der Waals surface area contributed by atoms with Gasteiger partial charge in [-0.2, -0.15) is 0 Å². The number of hydrogen-bond donors (Lipinski definition) is 0. The lowest BCUT2D eigenvalue weighted by Gasteiger charge is -2.28. The average Bonchev–Trinajstić information content (AvgIpc) is 3.42. The van der Waals surface area contributed by atoms with Crippen molar-refractivity contribution in [2.24, 2.45) is 29.6 Å². The van der Waals surface area contributed by atoms with Crippen molar-refractivity contribution in [3.05, 3.63) is 52.1 Å². The quantitative estimate of drug-likeness (QED) is 0.163. The number of ether oxygens (including phenoxy) is 1. The second-order valence-corrected chi connectivity index (χ2v) is 8.57. The van der Waals surface area contributed by atoms with Gasteiger partial charge in [0, 0.05) is 17.7 Å². The van der Waals surface area contributed by atoms with E-state index in [0.29, 0.717) is 0 Å². The Balaban J connectivity index is 1.47. The highest BCUT2D eigenvalue weighted by atomic mass is 16.6. The number of allylic oxidation sites excluding steroid dienone is 2. The highest BCUT2D eigenvalue weighted by Crippen LogP contribution is 2.53. The maximum absolute atomic E-state index is 13.0. The van der Waals surface area contributed by atoms with Gasteiger partial charge >= 0.3 is 5.97 Å². The van der Waals surface area contributed by atoms with Crippen LogP contribution in [0.2, 0.25) is 0 Å². The highest BCUT2D eigenvalue weighted by Gasteiger charge is 2.61. The smallest absolute Gasteiger partial charge is 0.330 e. The van der Waals surface area contributed by atoms with Gasteiger partial charge in [-0.15, -0.1) is 0 Å². The third-order valence-corrected chi connectivity index (χ3v) is 6.38. The maximum atomic E-state index is 13.0. The van der Waals surface area contributed by atoms with Crippen LogP contribution in [-0.2, 0) is 19.1 Å². The van der Waals surface area contributed by atoms with Crippen molar-refractivity contribution in [1.29, 1.82) is 0 Å². The first-order chi connectivity index (χ1) is 14.7. The van der Waals surface area contributed by atoms with E-state index in [1.165, 1.54) is 18.2 Å². The largest absolute Gasteiger partial charge is 0.456 e. The van der Waals surface area contributed by atoms with Crippen LogP contribution in [0.1, 0.15) is 30.6 Å². The van der Waals surface area contributed by atoms with E-state index < -0.39 is 47.1 Å². The summed E-state index contributed by atoms with van der Waals surface area (Å²) in [7, 11) is 0. The molecule has 5 atom stereocenters. The summed E-state index contributed by atoms with van der Waals surface area (Å²) in [4.78, 5) is 62.5. The Hall–Kier alpha value is -3.36. The molecule has 162 valence electrons. The number of Topliss-reactive ketones (excluding diaryl/α,β-unsaturated/α-hetero) is 1. The molecule has 0 aromatic heterocycles. The molecule has 4 rings (SSSR count). The summed E-state index contributed by atoms with van der Waals surface area (Å²) in [5, 5.41) is 10.9. The number of ketones is 1. The van der Waals surface area contributed by atoms with Gasteiger partial charge in [-0.05, 0) is 24.2 Å². The number of rotatable bonds is 7. The molecule has 0 radical (unpaired) electrons. The molecule has 0 unspecified atom stereocenters. The van der Waals surface area contributed by atoms with E-state index in [-0.39, 0.29) is 34.9 Å². The maximum Gasteiger partial charge on any atom is 0.330 e. The van der Waals surface area contributed by atoms with E-state index >= 15 is 0 Å². The second kappa shape index (κ2) is 7.72. The standard InChI is InChI=1S/C22H22N2O7/c1-11(2)19(23-20(26)17-13-6-7-14(8-13)18(17)21(23)27)22(28)31-10-16(25)12-4-3-5-15(9-12)24(29)30/h3-7,9,11,13-14,17-19H,8,10H2,1-2H3/t13-,14-,17-,18-,19-/m0/s1. The van der Waals surface area contributed by atoms with Crippen LogP contribution in [0.3, 0.4) is 0 Å². The van der Waals surface area contributed by atoms with Gasteiger partial charge in [0.05, 0.1) is 16.8 Å². The Bertz CT molecular complexity index is 985. The number of nitro groups is 1. The number of fused-ring (bicyclic) bond motifs is 5. The van der Waals surface area contributed by atoms with E-state index in [1.807, 2.05) is 12.2 Å². The third-order valence-electron chi connectivity index (χ3n) is 6.38. The van der Waals surface area contributed by atoms with Crippen molar-refractivity contribution in [1.82, 2.24) is 4.90 Å². The van der Waals surface area contributed by atoms with Crippen molar-refractivity contribution < 1.29 is 28.8 Å². The monoisotopic (exact) mass is 426 g/mol. The normalized spacial score (nSPS) is 27.0. The number of likely N-dealkylation sites (tertiary alicyclic amines) is 1. The molecular weight excluding hydrogens is 404 g/mol. The molecular formula is C22H22N2O7. The lowest BCUT2D eigenvalue weighted by Crippen LogP contribution is -2.50. The molecule has 3 aliphatic rings.